The molecular weight excluding hydrogens is 304 g/mol. The summed E-state index contributed by atoms with van der Waals surface area (Å²) in [6.45, 7) is 0.297. The summed E-state index contributed by atoms with van der Waals surface area (Å²) in [4.78, 5) is 38.4. The zero-order valence-electron chi connectivity index (χ0n) is 12.8. The molecule has 2 heterocycles. The van der Waals surface area contributed by atoms with Crippen LogP contribution >= 0.6 is 0 Å². The van der Waals surface area contributed by atoms with Gasteiger partial charge in [-0.05, 0) is 12.1 Å². The highest BCUT2D eigenvalue weighted by atomic mass is 16.6. The van der Waals surface area contributed by atoms with Crippen molar-refractivity contribution in [1.82, 2.24) is 9.80 Å². The fourth-order valence-electron chi connectivity index (χ4n) is 2.72. The first-order valence-corrected chi connectivity index (χ1v) is 7.06. The Kier molecular flexibility index (Phi) is 3.81. The van der Waals surface area contributed by atoms with Gasteiger partial charge in [-0.1, -0.05) is 6.07 Å². The Morgan fingerprint density at radius 1 is 1.17 bits per heavy atom. The molecule has 0 radical (unpaired) electrons. The Morgan fingerprint density at radius 2 is 1.78 bits per heavy atom. The normalized spacial score (nSPS) is 17.8. The van der Waals surface area contributed by atoms with E-state index in [1.165, 1.54) is 19.1 Å². The van der Waals surface area contributed by atoms with Crippen LogP contribution in [0.3, 0.4) is 0 Å². The number of carbonyl (C=O) groups is 3. The van der Waals surface area contributed by atoms with Crippen molar-refractivity contribution in [2.45, 2.75) is 6.04 Å². The Bertz CT molecular complexity index is 630. The topological polar surface area (TPSA) is 85.4 Å². The maximum atomic E-state index is 12.7. The van der Waals surface area contributed by atoms with Crippen LogP contribution in [-0.4, -0.2) is 67.7 Å². The van der Waals surface area contributed by atoms with Gasteiger partial charge in [0.15, 0.2) is 6.61 Å². The second-order valence-corrected chi connectivity index (χ2v) is 5.22. The lowest BCUT2D eigenvalue weighted by molar-refractivity contribution is -0.129. The number of cyclic esters (lactones) is 1. The third kappa shape index (κ3) is 2.45. The summed E-state index contributed by atoms with van der Waals surface area (Å²) < 4.78 is 15.1. The van der Waals surface area contributed by atoms with E-state index in [4.69, 9.17) is 9.47 Å². The zero-order valence-corrected chi connectivity index (χ0v) is 12.8. The van der Waals surface area contributed by atoms with Gasteiger partial charge in [-0.15, -0.1) is 0 Å². The summed E-state index contributed by atoms with van der Waals surface area (Å²) in [5.41, 5.74) is 0.325. The van der Waals surface area contributed by atoms with Crippen LogP contribution in [0.15, 0.2) is 18.2 Å². The van der Waals surface area contributed by atoms with Gasteiger partial charge < -0.3 is 19.1 Å². The summed E-state index contributed by atoms with van der Waals surface area (Å²) in [7, 11) is 2.95. The molecule has 0 spiro atoms. The molecule has 2 aliphatic rings. The highest BCUT2D eigenvalue weighted by Crippen LogP contribution is 2.31. The minimum absolute atomic E-state index is 0.233. The van der Waals surface area contributed by atoms with Crippen LogP contribution in [0.25, 0.3) is 0 Å². The van der Waals surface area contributed by atoms with Crippen molar-refractivity contribution in [3.8, 4) is 11.5 Å². The minimum Gasteiger partial charge on any atom is -0.496 e. The average molecular weight is 320 g/mol. The highest BCUT2D eigenvalue weighted by molar-refractivity contribution is 6.01. The molecule has 8 nitrogen and oxygen atoms in total. The lowest BCUT2D eigenvalue weighted by Gasteiger charge is -2.42. The number of carbonyl (C=O) groups excluding carboxylic acids is 3. The predicted molar refractivity (Wildman–Crippen MR) is 77.4 cm³/mol. The second-order valence-electron chi connectivity index (χ2n) is 5.22. The highest BCUT2D eigenvalue weighted by Gasteiger charge is 2.45. The van der Waals surface area contributed by atoms with Crippen LogP contribution < -0.4 is 9.47 Å². The summed E-state index contributed by atoms with van der Waals surface area (Å²) >= 11 is 0. The molecule has 0 bridgehead atoms. The SMILES string of the molecule is COc1cccc(OC)c1C(=O)N1CC(N2C(=O)COC2=O)C1. The van der Waals surface area contributed by atoms with Crippen molar-refractivity contribution in [1.29, 1.82) is 0 Å². The first kappa shape index (κ1) is 15.1. The number of likely N-dealkylation sites (tertiary alicyclic amines) is 1. The number of nitrogens with zero attached hydrogens (tertiary/aromatic N) is 2. The van der Waals surface area contributed by atoms with Crippen LogP contribution in [0.4, 0.5) is 4.79 Å². The van der Waals surface area contributed by atoms with E-state index in [0.717, 1.165) is 4.90 Å². The Balaban J connectivity index is 1.74. The van der Waals surface area contributed by atoms with Crippen molar-refractivity contribution in [2.75, 3.05) is 33.9 Å². The summed E-state index contributed by atoms with van der Waals surface area (Å²) in [5, 5.41) is 0. The van der Waals surface area contributed by atoms with E-state index in [1.54, 1.807) is 18.2 Å². The molecule has 3 rings (SSSR count). The number of rotatable bonds is 4. The Hall–Kier alpha value is -2.77. The Labute approximate surface area is 132 Å². The van der Waals surface area contributed by atoms with Gasteiger partial charge in [-0.3, -0.25) is 9.59 Å². The Morgan fingerprint density at radius 3 is 2.26 bits per heavy atom. The summed E-state index contributed by atoms with van der Waals surface area (Å²) in [6, 6.07) is 4.73. The molecule has 0 N–H and O–H groups in total. The van der Waals surface area contributed by atoms with Crippen molar-refractivity contribution in [2.24, 2.45) is 0 Å². The van der Waals surface area contributed by atoms with Crippen LogP contribution in [0.1, 0.15) is 10.4 Å². The molecule has 1 aromatic carbocycles. The van der Waals surface area contributed by atoms with Gasteiger partial charge in [0.2, 0.25) is 0 Å². The van der Waals surface area contributed by atoms with Crippen LogP contribution in [0.5, 0.6) is 11.5 Å². The number of hydrogen-bond donors (Lipinski definition) is 0. The first-order valence-electron chi connectivity index (χ1n) is 7.06. The summed E-state index contributed by atoms with van der Waals surface area (Å²) in [6.07, 6.45) is -0.651. The van der Waals surface area contributed by atoms with Crippen molar-refractivity contribution in [3.63, 3.8) is 0 Å². The molecule has 1 aromatic rings. The zero-order chi connectivity index (χ0) is 16.6. The number of ether oxygens (including phenoxy) is 3. The molecule has 8 heteroatoms. The molecule has 0 aliphatic carbocycles. The standard InChI is InChI=1S/C15H16N2O6/c1-21-10-4-3-5-11(22-2)13(10)14(19)16-6-9(7-16)17-12(18)8-23-15(17)20/h3-5,9H,6-8H2,1-2H3. The number of methoxy groups -OCH3 is 2. The van der Waals surface area contributed by atoms with E-state index in [0.29, 0.717) is 17.1 Å². The molecule has 0 saturated carbocycles. The molecular formula is C15H16N2O6. The largest absolute Gasteiger partial charge is 0.496 e. The lowest BCUT2D eigenvalue weighted by atomic mass is 10.0. The third-order valence-corrected chi connectivity index (χ3v) is 3.94. The molecule has 23 heavy (non-hydrogen) atoms. The van der Waals surface area contributed by atoms with Crippen molar-refractivity contribution < 1.29 is 28.6 Å². The predicted octanol–water partition coefficient (Wildman–Crippen LogP) is 0.507. The lowest BCUT2D eigenvalue weighted by Crippen LogP contribution is -2.62. The molecule has 0 unspecified atom stereocenters. The number of imide groups is 1. The van der Waals surface area contributed by atoms with Crippen molar-refractivity contribution in [3.05, 3.63) is 23.8 Å². The maximum Gasteiger partial charge on any atom is 0.417 e. The quantitative estimate of drug-likeness (QED) is 0.803. The molecule has 2 aliphatic heterocycles. The van der Waals surface area contributed by atoms with E-state index >= 15 is 0 Å². The van der Waals surface area contributed by atoms with Gasteiger partial charge in [0.05, 0.1) is 20.3 Å². The first-order chi connectivity index (χ1) is 11.1. The van der Waals surface area contributed by atoms with E-state index in [2.05, 4.69) is 4.74 Å². The fraction of sp³-hybridized carbons (Fsp3) is 0.400. The molecule has 2 saturated heterocycles. The van der Waals surface area contributed by atoms with Gasteiger partial charge >= 0.3 is 6.09 Å². The van der Waals surface area contributed by atoms with E-state index in [-0.39, 0.29) is 37.6 Å². The number of amides is 3. The smallest absolute Gasteiger partial charge is 0.417 e. The van der Waals surface area contributed by atoms with E-state index in [9.17, 15) is 14.4 Å². The van der Waals surface area contributed by atoms with E-state index in [1.807, 2.05) is 0 Å². The molecule has 0 atom stereocenters. The molecule has 3 amide bonds. The van der Waals surface area contributed by atoms with Gasteiger partial charge in [0, 0.05) is 13.1 Å². The van der Waals surface area contributed by atoms with Crippen LogP contribution in [0.2, 0.25) is 0 Å². The van der Waals surface area contributed by atoms with Gasteiger partial charge in [0.25, 0.3) is 11.8 Å². The maximum absolute atomic E-state index is 12.7. The van der Waals surface area contributed by atoms with Crippen molar-refractivity contribution >= 4 is 17.9 Å². The number of benzene rings is 1. The molecule has 2 fully saturated rings. The average Bonchev–Trinajstić information content (AvgIpc) is 2.84. The van der Waals surface area contributed by atoms with Gasteiger partial charge in [-0.2, -0.15) is 0 Å². The molecule has 0 aromatic heterocycles. The van der Waals surface area contributed by atoms with Gasteiger partial charge in [-0.25, -0.2) is 9.69 Å². The summed E-state index contributed by atoms with van der Waals surface area (Å²) in [5.74, 6) is 0.182. The number of hydrogen-bond acceptors (Lipinski definition) is 6. The molecule has 122 valence electrons. The monoisotopic (exact) mass is 320 g/mol. The second kappa shape index (κ2) is 5.79. The fourth-order valence-corrected chi connectivity index (χ4v) is 2.72. The third-order valence-electron chi connectivity index (χ3n) is 3.94. The van der Waals surface area contributed by atoms with Gasteiger partial charge in [0.1, 0.15) is 17.1 Å². The minimum atomic E-state index is -0.651. The van der Waals surface area contributed by atoms with E-state index < -0.39 is 6.09 Å². The van der Waals surface area contributed by atoms with Crippen LogP contribution in [0, 0.1) is 0 Å². The van der Waals surface area contributed by atoms with Crippen LogP contribution in [-0.2, 0) is 9.53 Å².